The number of nitrogens with one attached hydrogen (secondary N) is 2. The minimum absolute atomic E-state index is 0.630. The summed E-state index contributed by atoms with van der Waals surface area (Å²) in [4.78, 5) is 0. The van der Waals surface area contributed by atoms with Crippen LogP contribution in [-0.4, -0.2) is 25.7 Å². The highest BCUT2D eigenvalue weighted by molar-refractivity contribution is 4.70. The normalized spacial score (nSPS) is 17.4. The van der Waals surface area contributed by atoms with Crippen LogP contribution in [0.25, 0.3) is 0 Å². The van der Waals surface area contributed by atoms with Gasteiger partial charge in [-0.1, -0.05) is 33.1 Å². The molecular weight excluding hydrogens is 172 g/mol. The van der Waals surface area contributed by atoms with Crippen LogP contribution in [0.4, 0.5) is 0 Å². The van der Waals surface area contributed by atoms with Crippen molar-refractivity contribution in [1.82, 2.24) is 10.6 Å². The first-order valence-corrected chi connectivity index (χ1v) is 6.23. The molecule has 0 atom stereocenters. The SMILES string of the molecule is CC(C)NCCCNCCC1CCC1. The molecule has 1 saturated carbocycles. The Labute approximate surface area is 88.8 Å². The van der Waals surface area contributed by atoms with Gasteiger partial charge in [-0.25, -0.2) is 0 Å². The molecule has 1 aliphatic carbocycles. The maximum Gasteiger partial charge on any atom is 0.00103 e. The standard InChI is InChI=1S/C12H26N2/c1-11(2)14-9-4-8-13-10-7-12-5-3-6-12/h11-14H,3-10H2,1-2H3. The summed E-state index contributed by atoms with van der Waals surface area (Å²) < 4.78 is 0. The summed E-state index contributed by atoms with van der Waals surface area (Å²) in [5.41, 5.74) is 0. The van der Waals surface area contributed by atoms with Gasteiger partial charge in [0.25, 0.3) is 0 Å². The summed E-state index contributed by atoms with van der Waals surface area (Å²) in [5, 5.41) is 6.95. The first-order chi connectivity index (χ1) is 6.79. The van der Waals surface area contributed by atoms with Crippen LogP contribution in [0.1, 0.15) is 46.0 Å². The molecule has 0 spiro atoms. The first-order valence-electron chi connectivity index (χ1n) is 6.23. The van der Waals surface area contributed by atoms with Gasteiger partial charge in [0.05, 0.1) is 0 Å². The molecule has 1 rings (SSSR count). The van der Waals surface area contributed by atoms with Gasteiger partial charge in [0.15, 0.2) is 0 Å². The third-order valence-corrected chi connectivity index (χ3v) is 3.04. The minimum atomic E-state index is 0.630. The Morgan fingerprint density at radius 2 is 1.93 bits per heavy atom. The van der Waals surface area contributed by atoms with E-state index in [2.05, 4.69) is 24.5 Å². The Bertz CT molecular complexity index is 130. The Balaban J connectivity index is 1.71. The van der Waals surface area contributed by atoms with Gasteiger partial charge in [-0.15, -0.1) is 0 Å². The minimum Gasteiger partial charge on any atom is -0.317 e. The monoisotopic (exact) mass is 198 g/mol. The second kappa shape index (κ2) is 7.24. The molecule has 0 amide bonds. The summed E-state index contributed by atoms with van der Waals surface area (Å²) in [6.45, 7) is 7.95. The van der Waals surface area contributed by atoms with Crippen LogP contribution in [0.5, 0.6) is 0 Å². The van der Waals surface area contributed by atoms with Crippen LogP contribution in [0.2, 0.25) is 0 Å². The van der Waals surface area contributed by atoms with Crippen molar-refractivity contribution in [2.24, 2.45) is 5.92 Å². The number of hydrogen-bond donors (Lipinski definition) is 2. The van der Waals surface area contributed by atoms with E-state index >= 15 is 0 Å². The van der Waals surface area contributed by atoms with Gasteiger partial charge in [0, 0.05) is 6.04 Å². The predicted molar refractivity (Wildman–Crippen MR) is 62.6 cm³/mol. The van der Waals surface area contributed by atoms with Crippen molar-refractivity contribution >= 4 is 0 Å². The van der Waals surface area contributed by atoms with Gasteiger partial charge >= 0.3 is 0 Å². The number of rotatable bonds is 8. The summed E-state index contributed by atoms with van der Waals surface area (Å²) in [6.07, 6.45) is 7.09. The molecule has 1 aliphatic rings. The van der Waals surface area contributed by atoms with Crippen LogP contribution in [-0.2, 0) is 0 Å². The average Bonchev–Trinajstić information content (AvgIpc) is 2.06. The molecule has 0 bridgehead atoms. The second-order valence-corrected chi connectivity index (χ2v) is 4.80. The summed E-state index contributed by atoms with van der Waals surface area (Å²) in [6, 6.07) is 0.630. The van der Waals surface area contributed by atoms with Crippen LogP contribution in [0, 0.1) is 5.92 Å². The fraction of sp³-hybridized carbons (Fsp3) is 1.00. The summed E-state index contributed by atoms with van der Waals surface area (Å²) in [5.74, 6) is 1.05. The molecule has 0 radical (unpaired) electrons. The molecule has 0 aliphatic heterocycles. The predicted octanol–water partition coefficient (Wildman–Crippen LogP) is 2.15. The van der Waals surface area contributed by atoms with E-state index in [-0.39, 0.29) is 0 Å². The molecule has 0 heterocycles. The van der Waals surface area contributed by atoms with Crippen molar-refractivity contribution in [2.45, 2.75) is 52.0 Å². The molecule has 0 unspecified atom stereocenters. The molecule has 2 heteroatoms. The van der Waals surface area contributed by atoms with E-state index in [0.717, 1.165) is 12.5 Å². The van der Waals surface area contributed by atoms with Crippen LogP contribution >= 0.6 is 0 Å². The zero-order chi connectivity index (χ0) is 10.2. The maximum absolute atomic E-state index is 3.52. The van der Waals surface area contributed by atoms with E-state index in [4.69, 9.17) is 0 Å². The van der Waals surface area contributed by atoms with E-state index in [9.17, 15) is 0 Å². The van der Waals surface area contributed by atoms with E-state index in [0.29, 0.717) is 6.04 Å². The van der Waals surface area contributed by atoms with E-state index in [1.165, 1.54) is 45.2 Å². The highest BCUT2D eigenvalue weighted by atomic mass is 14.9. The molecule has 14 heavy (non-hydrogen) atoms. The van der Waals surface area contributed by atoms with Gasteiger partial charge in [0.2, 0.25) is 0 Å². The summed E-state index contributed by atoms with van der Waals surface area (Å²) in [7, 11) is 0. The van der Waals surface area contributed by atoms with Crippen molar-refractivity contribution in [1.29, 1.82) is 0 Å². The van der Waals surface area contributed by atoms with Crippen molar-refractivity contribution in [3.05, 3.63) is 0 Å². The molecule has 2 nitrogen and oxygen atoms in total. The van der Waals surface area contributed by atoms with Crippen molar-refractivity contribution in [3.63, 3.8) is 0 Å². The Kier molecular flexibility index (Phi) is 6.20. The van der Waals surface area contributed by atoms with E-state index in [1.807, 2.05) is 0 Å². The Morgan fingerprint density at radius 3 is 2.50 bits per heavy atom. The molecule has 0 saturated heterocycles. The van der Waals surface area contributed by atoms with Gasteiger partial charge < -0.3 is 10.6 Å². The van der Waals surface area contributed by atoms with Crippen LogP contribution in [0.3, 0.4) is 0 Å². The number of hydrogen-bond acceptors (Lipinski definition) is 2. The van der Waals surface area contributed by atoms with E-state index in [1.54, 1.807) is 0 Å². The molecular formula is C12H26N2. The fourth-order valence-electron chi connectivity index (χ4n) is 1.82. The Morgan fingerprint density at radius 1 is 1.14 bits per heavy atom. The largest absolute Gasteiger partial charge is 0.317 e. The van der Waals surface area contributed by atoms with Gasteiger partial charge in [-0.3, -0.25) is 0 Å². The highest BCUT2D eigenvalue weighted by Crippen LogP contribution is 2.28. The fourth-order valence-corrected chi connectivity index (χ4v) is 1.82. The van der Waals surface area contributed by atoms with Crippen molar-refractivity contribution in [3.8, 4) is 0 Å². The smallest absolute Gasteiger partial charge is 0.00103 e. The lowest BCUT2D eigenvalue weighted by Crippen LogP contribution is -2.28. The first kappa shape index (κ1) is 12.0. The maximum atomic E-state index is 3.52. The van der Waals surface area contributed by atoms with Crippen molar-refractivity contribution in [2.75, 3.05) is 19.6 Å². The molecule has 0 aromatic heterocycles. The zero-order valence-electron chi connectivity index (χ0n) is 9.81. The highest BCUT2D eigenvalue weighted by Gasteiger charge is 2.15. The zero-order valence-corrected chi connectivity index (χ0v) is 9.81. The van der Waals surface area contributed by atoms with Crippen LogP contribution in [0.15, 0.2) is 0 Å². The lowest BCUT2D eigenvalue weighted by atomic mass is 9.83. The lowest BCUT2D eigenvalue weighted by molar-refractivity contribution is 0.292. The van der Waals surface area contributed by atoms with Crippen molar-refractivity contribution < 1.29 is 0 Å². The van der Waals surface area contributed by atoms with Crippen LogP contribution < -0.4 is 10.6 Å². The third kappa shape index (κ3) is 5.61. The van der Waals surface area contributed by atoms with E-state index < -0.39 is 0 Å². The van der Waals surface area contributed by atoms with Gasteiger partial charge in [-0.2, -0.15) is 0 Å². The quantitative estimate of drug-likeness (QED) is 0.584. The van der Waals surface area contributed by atoms with Gasteiger partial charge in [-0.05, 0) is 38.4 Å². The molecule has 2 N–H and O–H groups in total. The topological polar surface area (TPSA) is 24.1 Å². The third-order valence-electron chi connectivity index (χ3n) is 3.04. The second-order valence-electron chi connectivity index (χ2n) is 4.80. The summed E-state index contributed by atoms with van der Waals surface area (Å²) >= 11 is 0. The molecule has 1 fully saturated rings. The average molecular weight is 198 g/mol. The molecule has 0 aromatic rings. The van der Waals surface area contributed by atoms with Gasteiger partial charge in [0.1, 0.15) is 0 Å². The lowest BCUT2D eigenvalue weighted by Gasteiger charge is -2.25. The molecule has 0 aromatic carbocycles. The molecule has 84 valence electrons. The Hall–Kier alpha value is -0.0800.